The summed E-state index contributed by atoms with van der Waals surface area (Å²) in [7, 11) is -2.97. The van der Waals surface area contributed by atoms with Crippen molar-refractivity contribution in [3.8, 4) is 0 Å². The Morgan fingerprint density at radius 1 is 1.12 bits per heavy atom. The lowest BCUT2D eigenvalue weighted by Gasteiger charge is -2.32. The molecule has 4 atom stereocenters. The maximum atomic E-state index is 14.7. The minimum Gasteiger partial charge on any atom is -0.432 e. The minimum absolute atomic E-state index is 0.0480. The molecule has 3 aromatic carbocycles. The molecular formula is C34H38N6O7Si. The lowest BCUT2D eigenvalue weighted by Crippen LogP contribution is -2.46. The number of hydrogen-bond donors (Lipinski definition) is 3. The van der Waals surface area contributed by atoms with Crippen molar-refractivity contribution in [2.24, 2.45) is 5.92 Å². The first kappa shape index (κ1) is 33.1. The van der Waals surface area contributed by atoms with Crippen LogP contribution in [0.1, 0.15) is 40.5 Å². The first-order chi connectivity index (χ1) is 22.9. The van der Waals surface area contributed by atoms with Crippen LogP contribution in [-0.2, 0) is 34.6 Å². The summed E-state index contributed by atoms with van der Waals surface area (Å²) in [6, 6.07) is 20.4. The van der Waals surface area contributed by atoms with Crippen molar-refractivity contribution in [1.82, 2.24) is 15.0 Å². The smallest absolute Gasteiger partial charge is 0.269 e. The van der Waals surface area contributed by atoms with E-state index in [1.54, 1.807) is 64.3 Å². The van der Waals surface area contributed by atoms with Crippen molar-refractivity contribution >= 4 is 37.2 Å². The molecule has 1 saturated heterocycles. The van der Waals surface area contributed by atoms with Gasteiger partial charge in [0.15, 0.2) is 13.9 Å². The number of aliphatic hydroxyl groups excluding tert-OH is 1. The summed E-state index contributed by atoms with van der Waals surface area (Å²) in [5, 5.41) is 32.3. The van der Waals surface area contributed by atoms with E-state index in [2.05, 4.69) is 15.6 Å². The standard InChI is InChI=1S/C34H38N6O7Si/c1-22-31(48(2,3)46)30(14-16-38-21-26(15-17-41)36-37-38)47-34(22)28-19-27(40(44)45)12-13-29(28)39(33(34)43)20-23-8-7-11-25(18-23)35-32(42)24-9-5-4-6-10-24/h4-13,18-19,21-22,30-31,41,46H,14-17,20H2,1-3H3,(H,35,42)/t22-,30+,31-,34+/m1/s1. The van der Waals surface area contributed by atoms with Gasteiger partial charge in [0.2, 0.25) is 0 Å². The fourth-order valence-corrected chi connectivity index (χ4v) is 9.87. The van der Waals surface area contributed by atoms with Gasteiger partial charge in [-0.2, -0.15) is 0 Å². The average Bonchev–Trinajstić information content (AvgIpc) is 3.70. The summed E-state index contributed by atoms with van der Waals surface area (Å²) in [6.45, 7) is 5.99. The maximum absolute atomic E-state index is 14.7. The number of hydrogen-bond acceptors (Lipinski definition) is 9. The highest BCUT2D eigenvalue weighted by Crippen LogP contribution is 2.60. The molecule has 1 fully saturated rings. The molecule has 6 rings (SSSR count). The number of benzene rings is 3. The van der Waals surface area contributed by atoms with E-state index in [1.807, 2.05) is 32.2 Å². The molecule has 0 aliphatic carbocycles. The number of anilines is 2. The van der Waals surface area contributed by atoms with Crippen LogP contribution in [0.4, 0.5) is 17.1 Å². The van der Waals surface area contributed by atoms with Gasteiger partial charge in [-0.15, -0.1) is 5.10 Å². The monoisotopic (exact) mass is 670 g/mol. The van der Waals surface area contributed by atoms with Crippen LogP contribution in [0.25, 0.3) is 0 Å². The van der Waals surface area contributed by atoms with Gasteiger partial charge < -0.3 is 24.9 Å². The number of carbonyl (C=O) groups excluding carboxylic acids is 2. The third-order valence-corrected chi connectivity index (χ3v) is 11.8. The Morgan fingerprint density at radius 3 is 2.60 bits per heavy atom. The van der Waals surface area contributed by atoms with Crippen LogP contribution in [-0.4, -0.2) is 62.7 Å². The summed E-state index contributed by atoms with van der Waals surface area (Å²) in [5.41, 5.74) is 1.24. The number of aromatic nitrogens is 3. The first-order valence-corrected chi connectivity index (χ1v) is 18.9. The summed E-state index contributed by atoms with van der Waals surface area (Å²) in [5.74, 6) is -1.14. The summed E-state index contributed by atoms with van der Waals surface area (Å²) in [6.07, 6.45) is 1.99. The number of amides is 2. The number of nitrogens with one attached hydrogen (secondary N) is 1. The van der Waals surface area contributed by atoms with Crippen molar-refractivity contribution in [3.63, 3.8) is 0 Å². The second-order valence-electron chi connectivity index (χ2n) is 13.0. The van der Waals surface area contributed by atoms with Gasteiger partial charge in [-0.05, 0) is 55.4 Å². The fourth-order valence-electron chi connectivity index (χ4n) is 7.27. The van der Waals surface area contributed by atoms with E-state index in [1.165, 1.54) is 12.1 Å². The van der Waals surface area contributed by atoms with Gasteiger partial charge in [0.25, 0.3) is 17.5 Å². The Balaban J connectivity index is 1.33. The summed E-state index contributed by atoms with van der Waals surface area (Å²) >= 11 is 0. The zero-order valence-electron chi connectivity index (χ0n) is 26.9. The molecule has 2 aliphatic rings. The van der Waals surface area contributed by atoms with Crippen LogP contribution in [0.5, 0.6) is 0 Å². The lowest BCUT2D eigenvalue weighted by atomic mass is 9.82. The zero-order chi connectivity index (χ0) is 34.2. The van der Waals surface area contributed by atoms with E-state index < -0.39 is 30.9 Å². The number of aryl methyl sites for hydroxylation is 1. The molecule has 1 aromatic heterocycles. The van der Waals surface area contributed by atoms with E-state index in [0.29, 0.717) is 47.6 Å². The Labute approximate surface area is 278 Å². The second kappa shape index (κ2) is 13.0. The lowest BCUT2D eigenvalue weighted by molar-refractivity contribution is -0.385. The largest absolute Gasteiger partial charge is 0.432 e. The van der Waals surface area contributed by atoms with Gasteiger partial charge in [0.05, 0.1) is 29.0 Å². The second-order valence-corrected chi connectivity index (χ2v) is 16.9. The molecule has 0 bridgehead atoms. The number of nitro groups is 1. The van der Waals surface area contributed by atoms with E-state index >= 15 is 0 Å². The molecule has 0 unspecified atom stereocenters. The van der Waals surface area contributed by atoms with Crippen LogP contribution in [0, 0.1) is 16.0 Å². The molecule has 1 spiro atoms. The number of nitro benzene ring substituents is 1. The molecule has 13 nitrogen and oxygen atoms in total. The molecule has 250 valence electrons. The Morgan fingerprint density at radius 2 is 1.90 bits per heavy atom. The zero-order valence-corrected chi connectivity index (χ0v) is 27.9. The molecular weight excluding hydrogens is 632 g/mol. The van der Waals surface area contributed by atoms with Crippen LogP contribution >= 0.6 is 0 Å². The molecule has 14 heteroatoms. The third kappa shape index (κ3) is 6.14. The SMILES string of the molecule is C[C@@H]1[C@@H]([Si](C)(C)O)[C@H](CCn2cc(CCO)nn2)O[C@@]12C(=O)N(Cc1cccc(NC(=O)c3ccccc3)c1)c1ccc([N+](=O)[O-])cc12. The van der Waals surface area contributed by atoms with Gasteiger partial charge in [-0.25, -0.2) is 0 Å². The number of aliphatic hydroxyl groups is 1. The van der Waals surface area contributed by atoms with Gasteiger partial charge in [0, 0.05) is 66.2 Å². The van der Waals surface area contributed by atoms with Crippen LogP contribution < -0.4 is 10.2 Å². The predicted molar refractivity (Wildman–Crippen MR) is 180 cm³/mol. The quantitative estimate of drug-likeness (QED) is 0.119. The minimum atomic E-state index is -2.97. The third-order valence-electron chi connectivity index (χ3n) is 9.34. The molecule has 3 N–H and O–H groups in total. The van der Waals surface area contributed by atoms with Crippen molar-refractivity contribution in [3.05, 3.63) is 111 Å². The maximum Gasteiger partial charge on any atom is 0.269 e. The molecule has 4 aromatic rings. The normalized spacial score (nSPS) is 21.9. The van der Waals surface area contributed by atoms with Crippen LogP contribution in [0.3, 0.4) is 0 Å². The highest BCUT2D eigenvalue weighted by atomic mass is 28.4. The number of ether oxygens (including phenoxy) is 1. The highest BCUT2D eigenvalue weighted by Gasteiger charge is 2.66. The molecule has 48 heavy (non-hydrogen) atoms. The fraction of sp³-hybridized carbons (Fsp3) is 0.353. The van der Waals surface area contributed by atoms with Crippen molar-refractivity contribution in [1.29, 1.82) is 0 Å². The Hall–Kier alpha value is -4.76. The van der Waals surface area contributed by atoms with Crippen LogP contribution in [0.15, 0.2) is 79.0 Å². The van der Waals surface area contributed by atoms with Crippen molar-refractivity contribution < 1.29 is 29.2 Å². The van der Waals surface area contributed by atoms with Gasteiger partial charge in [0.1, 0.15) is 0 Å². The number of fused-ring (bicyclic) bond motifs is 2. The van der Waals surface area contributed by atoms with Crippen molar-refractivity contribution in [2.45, 2.75) is 63.2 Å². The number of nitrogens with zero attached hydrogens (tertiary/aromatic N) is 5. The molecule has 2 aliphatic heterocycles. The van der Waals surface area contributed by atoms with E-state index in [9.17, 15) is 29.6 Å². The van der Waals surface area contributed by atoms with E-state index in [4.69, 9.17) is 4.74 Å². The van der Waals surface area contributed by atoms with Gasteiger partial charge in [-0.1, -0.05) is 42.5 Å². The molecule has 3 heterocycles. The van der Waals surface area contributed by atoms with Gasteiger partial charge >= 0.3 is 0 Å². The van der Waals surface area contributed by atoms with Gasteiger partial charge in [-0.3, -0.25) is 24.4 Å². The van der Waals surface area contributed by atoms with E-state index in [0.717, 1.165) is 5.56 Å². The average molecular weight is 671 g/mol. The molecule has 0 radical (unpaired) electrons. The highest BCUT2D eigenvalue weighted by molar-refractivity contribution is 6.71. The molecule has 0 saturated carbocycles. The van der Waals surface area contributed by atoms with Crippen LogP contribution in [0.2, 0.25) is 18.6 Å². The number of carbonyl (C=O) groups is 2. The Kier molecular flexibility index (Phi) is 9.00. The predicted octanol–water partition coefficient (Wildman–Crippen LogP) is 4.41. The summed E-state index contributed by atoms with van der Waals surface area (Å²) in [4.78, 5) is 52.1. The molecule has 2 amide bonds. The number of non-ortho nitro benzene ring substituents is 1. The Bertz CT molecular complexity index is 1840. The first-order valence-electron chi connectivity index (χ1n) is 15.9. The topological polar surface area (TPSA) is 173 Å². The summed E-state index contributed by atoms with van der Waals surface area (Å²) < 4.78 is 8.46. The van der Waals surface area contributed by atoms with Crippen molar-refractivity contribution in [2.75, 3.05) is 16.8 Å². The number of rotatable bonds is 11. The van der Waals surface area contributed by atoms with E-state index in [-0.39, 0.29) is 36.2 Å².